The first kappa shape index (κ1) is 20.5. The van der Waals surface area contributed by atoms with Gasteiger partial charge in [-0.15, -0.1) is 0 Å². The van der Waals surface area contributed by atoms with E-state index in [2.05, 4.69) is 37.0 Å². The number of benzene rings is 2. The van der Waals surface area contributed by atoms with E-state index in [0.717, 1.165) is 6.07 Å². The quantitative estimate of drug-likeness (QED) is 0.188. The van der Waals surface area contributed by atoms with Crippen LogP contribution in [0.3, 0.4) is 0 Å². The number of nitrogens with zero attached hydrogens (tertiary/aromatic N) is 3. The molecule has 0 atom stereocenters. The predicted molar refractivity (Wildman–Crippen MR) is 104 cm³/mol. The summed E-state index contributed by atoms with van der Waals surface area (Å²) in [7, 11) is 0. The van der Waals surface area contributed by atoms with Crippen LogP contribution >= 0.6 is 31.9 Å². The van der Waals surface area contributed by atoms with Crippen LogP contribution in [0.5, 0.6) is 11.5 Å². The molecule has 0 bridgehead atoms. The van der Waals surface area contributed by atoms with Gasteiger partial charge in [0.2, 0.25) is 0 Å². The number of hydrogen-bond acceptors (Lipinski definition) is 7. The number of ether oxygens (including phenoxy) is 1. The van der Waals surface area contributed by atoms with Gasteiger partial charge in [-0.05, 0) is 55.6 Å². The van der Waals surface area contributed by atoms with Crippen molar-refractivity contribution in [3.05, 3.63) is 60.5 Å². The maximum atomic E-state index is 11.4. The van der Waals surface area contributed by atoms with Gasteiger partial charge in [0, 0.05) is 18.6 Å². The number of carbonyl (C=O) groups excluding carboxylic acids is 1. The van der Waals surface area contributed by atoms with E-state index in [-0.39, 0.29) is 29.4 Å². The highest BCUT2D eigenvalue weighted by molar-refractivity contribution is 9.11. The average Bonchev–Trinajstić information content (AvgIpc) is 2.64. The number of hydrogen-bond donors (Lipinski definition) is 0. The molecule has 0 saturated carbocycles. The number of halogens is 2. The van der Waals surface area contributed by atoms with Gasteiger partial charge in [-0.3, -0.25) is 14.9 Å². The summed E-state index contributed by atoms with van der Waals surface area (Å²) in [6.07, 6.45) is 1.62. The lowest BCUT2D eigenvalue weighted by atomic mass is 10.2. The Morgan fingerprint density at radius 1 is 1.33 bits per heavy atom. The normalized spacial score (nSPS) is 10.4. The van der Waals surface area contributed by atoms with Crippen molar-refractivity contribution < 1.29 is 19.3 Å². The van der Waals surface area contributed by atoms with Crippen LogP contribution in [0, 0.1) is 21.4 Å². The third kappa shape index (κ3) is 5.35. The van der Waals surface area contributed by atoms with Gasteiger partial charge < -0.3 is 9.57 Å². The summed E-state index contributed by atoms with van der Waals surface area (Å²) < 4.78 is 6.29. The average molecular weight is 497 g/mol. The maximum absolute atomic E-state index is 11.4. The van der Waals surface area contributed by atoms with Crippen molar-refractivity contribution in [3.8, 4) is 17.6 Å². The molecule has 0 unspecified atom stereocenters. The second kappa shape index (κ2) is 9.25. The molecule has 8 nitrogen and oxygen atoms in total. The molecule has 2 aromatic carbocycles. The van der Waals surface area contributed by atoms with Crippen molar-refractivity contribution in [3.63, 3.8) is 0 Å². The molecule has 0 heterocycles. The zero-order valence-corrected chi connectivity index (χ0v) is 17.0. The molecule has 0 aromatic heterocycles. The fourth-order valence-electron chi connectivity index (χ4n) is 1.88. The van der Waals surface area contributed by atoms with Crippen molar-refractivity contribution in [1.82, 2.24) is 0 Å². The number of nitriles is 1. The molecule has 0 amide bonds. The standard InChI is InChI=1S/C17H11Br2N3O5/c1-2-16(23)26-17-13(18)5-10(6-14(17)19)9-21-27-15-4-3-12(22(24)25)7-11(15)8-20/h3-7,9H,2H2,1H3. The first-order valence-electron chi connectivity index (χ1n) is 7.44. The first-order chi connectivity index (χ1) is 12.8. The molecule has 0 N–H and O–H groups in total. The van der Waals surface area contributed by atoms with E-state index >= 15 is 0 Å². The molecule has 0 fully saturated rings. The summed E-state index contributed by atoms with van der Waals surface area (Å²) in [6, 6.07) is 8.77. The molecule has 0 aliphatic rings. The summed E-state index contributed by atoms with van der Waals surface area (Å²) in [6.45, 7) is 1.69. The SMILES string of the molecule is CCC(=O)Oc1c(Br)cc(C=NOc2ccc([N+](=O)[O-])cc2C#N)cc1Br. The highest BCUT2D eigenvalue weighted by Crippen LogP contribution is 2.34. The van der Waals surface area contributed by atoms with Crippen molar-refractivity contribution in [2.75, 3.05) is 0 Å². The van der Waals surface area contributed by atoms with E-state index in [1.807, 2.05) is 6.07 Å². The lowest BCUT2D eigenvalue weighted by Gasteiger charge is -2.08. The molecule has 0 aliphatic carbocycles. The van der Waals surface area contributed by atoms with E-state index in [1.165, 1.54) is 18.3 Å². The van der Waals surface area contributed by atoms with Crippen molar-refractivity contribution in [2.24, 2.45) is 5.16 Å². The highest BCUT2D eigenvalue weighted by Gasteiger charge is 2.13. The predicted octanol–water partition coefficient (Wildman–Crippen LogP) is 4.72. The zero-order chi connectivity index (χ0) is 20.0. The Morgan fingerprint density at radius 2 is 2.00 bits per heavy atom. The number of rotatable bonds is 6. The van der Waals surface area contributed by atoms with Gasteiger partial charge in [-0.2, -0.15) is 5.26 Å². The van der Waals surface area contributed by atoms with Crippen molar-refractivity contribution >= 4 is 49.7 Å². The van der Waals surface area contributed by atoms with Gasteiger partial charge >= 0.3 is 5.97 Å². The monoisotopic (exact) mass is 495 g/mol. The molecule has 0 radical (unpaired) electrons. The van der Waals surface area contributed by atoms with E-state index in [0.29, 0.717) is 20.3 Å². The molecule has 2 rings (SSSR count). The molecule has 27 heavy (non-hydrogen) atoms. The lowest BCUT2D eigenvalue weighted by molar-refractivity contribution is -0.384. The number of esters is 1. The highest BCUT2D eigenvalue weighted by atomic mass is 79.9. The Morgan fingerprint density at radius 3 is 2.56 bits per heavy atom. The largest absolute Gasteiger partial charge is 0.424 e. The van der Waals surface area contributed by atoms with Crippen LogP contribution < -0.4 is 9.57 Å². The molecule has 2 aromatic rings. The first-order valence-corrected chi connectivity index (χ1v) is 9.03. The topological polar surface area (TPSA) is 115 Å². The van der Waals surface area contributed by atoms with Gasteiger partial charge in [0.25, 0.3) is 5.69 Å². The van der Waals surface area contributed by atoms with Gasteiger partial charge in [0.15, 0.2) is 11.5 Å². The number of nitro benzene ring substituents is 1. The minimum atomic E-state index is -0.601. The Balaban J connectivity index is 2.18. The fourth-order valence-corrected chi connectivity index (χ4v) is 3.26. The Labute approximate surface area is 170 Å². The summed E-state index contributed by atoms with van der Waals surface area (Å²) in [5.41, 5.74) is 0.393. The summed E-state index contributed by atoms with van der Waals surface area (Å²) >= 11 is 6.64. The summed E-state index contributed by atoms with van der Waals surface area (Å²) in [4.78, 5) is 26.8. The zero-order valence-electron chi connectivity index (χ0n) is 13.8. The Kier molecular flexibility index (Phi) is 7.04. The molecule has 0 spiro atoms. The number of nitro groups is 1. The summed E-state index contributed by atoms with van der Waals surface area (Å²) in [5, 5.41) is 23.6. The summed E-state index contributed by atoms with van der Waals surface area (Å²) in [5.74, 6) is 0.0661. The molecule has 10 heteroatoms. The number of non-ortho nitro benzene ring substituents is 1. The van der Waals surface area contributed by atoms with Gasteiger partial charge in [0.05, 0.1) is 20.1 Å². The van der Waals surface area contributed by atoms with Crippen LogP contribution in [0.2, 0.25) is 0 Å². The fraction of sp³-hybridized carbons (Fsp3) is 0.118. The third-order valence-corrected chi connectivity index (χ3v) is 4.35. The van der Waals surface area contributed by atoms with Gasteiger partial charge in [0.1, 0.15) is 11.6 Å². The maximum Gasteiger partial charge on any atom is 0.310 e. The van der Waals surface area contributed by atoms with E-state index in [4.69, 9.17) is 14.8 Å². The van der Waals surface area contributed by atoms with Crippen molar-refractivity contribution in [2.45, 2.75) is 13.3 Å². The van der Waals surface area contributed by atoms with E-state index in [9.17, 15) is 14.9 Å². The minimum absolute atomic E-state index is 0.00876. The number of carbonyl (C=O) groups is 1. The molecule has 0 saturated heterocycles. The van der Waals surface area contributed by atoms with Gasteiger partial charge in [-0.1, -0.05) is 12.1 Å². The minimum Gasteiger partial charge on any atom is -0.424 e. The van der Waals surface area contributed by atoms with Crippen LogP contribution in [0.4, 0.5) is 5.69 Å². The van der Waals surface area contributed by atoms with E-state index < -0.39 is 4.92 Å². The van der Waals surface area contributed by atoms with Crippen molar-refractivity contribution in [1.29, 1.82) is 5.26 Å². The smallest absolute Gasteiger partial charge is 0.310 e. The third-order valence-electron chi connectivity index (χ3n) is 3.17. The second-order valence-electron chi connectivity index (χ2n) is 5.02. The van der Waals surface area contributed by atoms with Crippen LogP contribution in [0.25, 0.3) is 0 Å². The molecular formula is C17H11Br2N3O5. The van der Waals surface area contributed by atoms with Crippen LogP contribution in [0.1, 0.15) is 24.5 Å². The molecular weight excluding hydrogens is 486 g/mol. The molecule has 138 valence electrons. The Bertz CT molecular complexity index is 947. The molecule has 0 aliphatic heterocycles. The van der Waals surface area contributed by atoms with Crippen LogP contribution in [-0.4, -0.2) is 17.1 Å². The lowest BCUT2D eigenvalue weighted by Crippen LogP contribution is -2.06. The van der Waals surface area contributed by atoms with Gasteiger partial charge in [-0.25, -0.2) is 0 Å². The van der Waals surface area contributed by atoms with E-state index in [1.54, 1.807) is 19.1 Å². The Hall–Kier alpha value is -2.77. The second-order valence-corrected chi connectivity index (χ2v) is 6.73. The van der Waals surface area contributed by atoms with Crippen LogP contribution in [-0.2, 0) is 4.79 Å². The van der Waals surface area contributed by atoms with Crippen LogP contribution in [0.15, 0.2) is 44.4 Å². The number of oxime groups is 1.